The number of halogens is 1. The molecule has 4 rings (SSSR count). The van der Waals surface area contributed by atoms with Gasteiger partial charge in [-0.25, -0.2) is 4.39 Å². The van der Waals surface area contributed by atoms with Crippen LogP contribution < -0.4 is 5.32 Å². The van der Waals surface area contributed by atoms with Crippen LogP contribution in [0.2, 0.25) is 0 Å². The van der Waals surface area contributed by atoms with Crippen LogP contribution in [0.15, 0.2) is 54.6 Å². The normalized spacial score (nSPS) is 13.7. The van der Waals surface area contributed by atoms with Gasteiger partial charge in [-0.2, -0.15) is 5.10 Å². The number of nitrogens with one attached hydrogen (secondary N) is 2. The Labute approximate surface area is 138 Å². The Balaban J connectivity index is 1.73. The summed E-state index contributed by atoms with van der Waals surface area (Å²) >= 11 is 0. The van der Waals surface area contributed by atoms with E-state index in [1.54, 1.807) is 12.1 Å². The largest absolute Gasteiger partial charge is 0.318 e. The molecule has 0 unspecified atom stereocenters. The average molecular weight is 321 g/mol. The molecule has 1 saturated carbocycles. The van der Waals surface area contributed by atoms with Gasteiger partial charge in [0.05, 0.1) is 16.9 Å². The smallest absolute Gasteiger partial charge is 0.258 e. The predicted molar refractivity (Wildman–Crippen MR) is 90.4 cm³/mol. The van der Waals surface area contributed by atoms with Gasteiger partial charge in [-0.15, -0.1) is 0 Å². The fourth-order valence-corrected chi connectivity index (χ4v) is 2.78. The van der Waals surface area contributed by atoms with Crippen molar-refractivity contribution in [2.75, 3.05) is 5.32 Å². The highest BCUT2D eigenvalue weighted by atomic mass is 19.1. The zero-order valence-corrected chi connectivity index (χ0v) is 12.9. The van der Waals surface area contributed by atoms with Crippen LogP contribution in [0.1, 0.15) is 34.8 Å². The Hall–Kier alpha value is -2.95. The minimum Gasteiger partial charge on any atom is -0.318 e. The van der Waals surface area contributed by atoms with Crippen molar-refractivity contribution in [3.8, 4) is 11.3 Å². The topological polar surface area (TPSA) is 57.8 Å². The number of hydrogen-bond acceptors (Lipinski definition) is 2. The van der Waals surface area contributed by atoms with Gasteiger partial charge in [-0.05, 0) is 25.0 Å². The van der Waals surface area contributed by atoms with Crippen LogP contribution in [0.25, 0.3) is 11.3 Å². The third kappa shape index (κ3) is 2.69. The monoisotopic (exact) mass is 321 g/mol. The summed E-state index contributed by atoms with van der Waals surface area (Å²) in [5, 5.41) is 10.3. The van der Waals surface area contributed by atoms with E-state index in [-0.39, 0.29) is 5.56 Å². The Morgan fingerprint density at radius 3 is 2.50 bits per heavy atom. The molecule has 1 amide bonds. The number of nitrogens with zero attached hydrogens (tertiary/aromatic N) is 1. The summed E-state index contributed by atoms with van der Waals surface area (Å²) in [4.78, 5) is 12.5. The molecule has 0 aliphatic heterocycles. The molecular formula is C19H16FN3O. The Kier molecular flexibility index (Phi) is 3.61. The lowest BCUT2D eigenvalue weighted by Gasteiger charge is -2.09. The molecule has 5 heteroatoms. The van der Waals surface area contributed by atoms with Crippen molar-refractivity contribution >= 4 is 11.6 Å². The van der Waals surface area contributed by atoms with Crippen LogP contribution in [0, 0.1) is 5.82 Å². The van der Waals surface area contributed by atoms with Gasteiger partial charge in [0, 0.05) is 11.5 Å². The molecule has 120 valence electrons. The van der Waals surface area contributed by atoms with Gasteiger partial charge in [0.1, 0.15) is 11.5 Å². The summed E-state index contributed by atoms with van der Waals surface area (Å²) in [6.07, 6.45) is 2.14. The average Bonchev–Trinajstić information content (AvgIpc) is 3.37. The number of amides is 1. The van der Waals surface area contributed by atoms with Crippen LogP contribution >= 0.6 is 0 Å². The third-order valence-electron chi connectivity index (χ3n) is 4.18. The number of carbonyl (C=O) groups excluding carboxylic acids is 1. The highest BCUT2D eigenvalue weighted by Gasteiger charge is 2.31. The molecule has 0 atom stereocenters. The molecule has 1 heterocycles. The molecule has 24 heavy (non-hydrogen) atoms. The van der Waals surface area contributed by atoms with Crippen LogP contribution in [0.4, 0.5) is 10.1 Å². The van der Waals surface area contributed by atoms with E-state index in [1.165, 1.54) is 12.1 Å². The molecule has 0 spiro atoms. The van der Waals surface area contributed by atoms with Crippen molar-refractivity contribution in [1.29, 1.82) is 0 Å². The Morgan fingerprint density at radius 2 is 1.79 bits per heavy atom. The first kappa shape index (κ1) is 14.6. The number of aromatic amines is 1. The lowest BCUT2D eigenvalue weighted by molar-refractivity contribution is 0.102. The summed E-state index contributed by atoms with van der Waals surface area (Å²) in [7, 11) is 0. The molecule has 0 bridgehead atoms. The second kappa shape index (κ2) is 5.92. The molecule has 1 aromatic heterocycles. The molecule has 1 aliphatic carbocycles. The maximum absolute atomic E-state index is 13.9. The SMILES string of the molecule is O=C(Nc1c(-c2ccccc2)n[nH]c1C1CC1)c1ccccc1F. The molecule has 4 nitrogen and oxygen atoms in total. The molecule has 1 aliphatic rings. The number of aromatic nitrogens is 2. The maximum Gasteiger partial charge on any atom is 0.258 e. The van der Waals surface area contributed by atoms with Crippen LogP contribution in [0.5, 0.6) is 0 Å². The number of rotatable bonds is 4. The van der Waals surface area contributed by atoms with Gasteiger partial charge in [0.25, 0.3) is 5.91 Å². The molecular weight excluding hydrogens is 305 g/mol. The van der Waals surface area contributed by atoms with Crippen LogP contribution in [0.3, 0.4) is 0 Å². The van der Waals surface area contributed by atoms with E-state index in [2.05, 4.69) is 15.5 Å². The Morgan fingerprint density at radius 1 is 1.08 bits per heavy atom. The number of hydrogen-bond donors (Lipinski definition) is 2. The zero-order chi connectivity index (χ0) is 16.5. The Bertz CT molecular complexity index is 885. The molecule has 2 N–H and O–H groups in total. The van der Waals surface area contributed by atoms with Crippen molar-refractivity contribution in [2.45, 2.75) is 18.8 Å². The number of H-pyrrole nitrogens is 1. The van der Waals surface area contributed by atoms with Crippen molar-refractivity contribution in [2.24, 2.45) is 0 Å². The van der Waals surface area contributed by atoms with Crippen molar-refractivity contribution in [3.63, 3.8) is 0 Å². The lowest BCUT2D eigenvalue weighted by Crippen LogP contribution is -2.14. The first-order valence-electron chi connectivity index (χ1n) is 7.93. The fourth-order valence-electron chi connectivity index (χ4n) is 2.78. The summed E-state index contributed by atoms with van der Waals surface area (Å²) in [6.45, 7) is 0. The second-order valence-corrected chi connectivity index (χ2v) is 5.94. The fraction of sp³-hybridized carbons (Fsp3) is 0.158. The van der Waals surface area contributed by atoms with E-state index in [1.807, 2.05) is 30.3 Å². The summed E-state index contributed by atoms with van der Waals surface area (Å²) in [5.41, 5.74) is 3.18. The quantitative estimate of drug-likeness (QED) is 0.751. The number of anilines is 1. The molecule has 0 radical (unpaired) electrons. The highest BCUT2D eigenvalue weighted by Crippen LogP contribution is 2.45. The highest BCUT2D eigenvalue weighted by molar-refractivity contribution is 6.06. The van der Waals surface area contributed by atoms with Gasteiger partial charge in [0.15, 0.2) is 0 Å². The van der Waals surface area contributed by atoms with Crippen LogP contribution in [-0.4, -0.2) is 16.1 Å². The standard InChI is InChI=1S/C19H16FN3O/c20-15-9-5-4-8-14(15)19(24)21-18-16(12-6-2-1-3-7-12)22-23-17(18)13-10-11-13/h1-9,13H,10-11H2,(H,21,24)(H,22,23). The minimum absolute atomic E-state index is 0.0273. The molecule has 2 aromatic carbocycles. The summed E-state index contributed by atoms with van der Waals surface area (Å²) in [6, 6.07) is 15.6. The first-order valence-corrected chi connectivity index (χ1v) is 7.93. The van der Waals surface area contributed by atoms with Gasteiger partial charge in [-0.1, -0.05) is 42.5 Å². The molecule has 1 fully saturated rings. The lowest BCUT2D eigenvalue weighted by atomic mass is 10.1. The van der Waals surface area contributed by atoms with E-state index < -0.39 is 11.7 Å². The first-order chi connectivity index (χ1) is 11.7. The van der Waals surface area contributed by atoms with Crippen molar-refractivity contribution in [1.82, 2.24) is 10.2 Å². The summed E-state index contributed by atoms with van der Waals surface area (Å²) in [5.74, 6) is -0.618. The van der Waals surface area contributed by atoms with Gasteiger partial charge in [-0.3, -0.25) is 9.89 Å². The van der Waals surface area contributed by atoms with Crippen molar-refractivity contribution in [3.05, 3.63) is 71.7 Å². The van der Waals surface area contributed by atoms with Gasteiger partial charge >= 0.3 is 0 Å². The van der Waals surface area contributed by atoms with Crippen LogP contribution in [-0.2, 0) is 0 Å². The van der Waals surface area contributed by atoms with E-state index in [4.69, 9.17) is 0 Å². The van der Waals surface area contributed by atoms with Gasteiger partial charge < -0.3 is 5.32 Å². The third-order valence-corrected chi connectivity index (χ3v) is 4.18. The number of benzene rings is 2. The molecule has 3 aromatic rings. The maximum atomic E-state index is 13.9. The molecule has 0 saturated heterocycles. The van der Waals surface area contributed by atoms with Crippen molar-refractivity contribution < 1.29 is 9.18 Å². The van der Waals surface area contributed by atoms with E-state index >= 15 is 0 Å². The predicted octanol–water partition coefficient (Wildman–Crippen LogP) is 4.35. The van der Waals surface area contributed by atoms with E-state index in [0.29, 0.717) is 17.3 Å². The minimum atomic E-state index is -0.535. The number of carbonyl (C=O) groups is 1. The van der Waals surface area contributed by atoms with E-state index in [0.717, 1.165) is 24.1 Å². The zero-order valence-electron chi connectivity index (χ0n) is 12.9. The van der Waals surface area contributed by atoms with Gasteiger partial charge in [0.2, 0.25) is 0 Å². The van der Waals surface area contributed by atoms with E-state index in [9.17, 15) is 9.18 Å². The second-order valence-electron chi connectivity index (χ2n) is 5.94. The summed E-state index contributed by atoms with van der Waals surface area (Å²) < 4.78 is 13.9.